The van der Waals surface area contributed by atoms with E-state index in [1.165, 1.54) is 19.9 Å². The van der Waals surface area contributed by atoms with Crippen molar-refractivity contribution in [3.8, 4) is 0 Å². The van der Waals surface area contributed by atoms with Gasteiger partial charge in [0.2, 0.25) is 0 Å². The average molecular weight is 168 g/mol. The van der Waals surface area contributed by atoms with Crippen LogP contribution in [0.3, 0.4) is 0 Å². The van der Waals surface area contributed by atoms with Crippen LogP contribution in [0.25, 0.3) is 0 Å². The highest BCUT2D eigenvalue weighted by Crippen LogP contribution is 2.13. The van der Waals surface area contributed by atoms with Gasteiger partial charge in [-0.3, -0.25) is 14.9 Å². The SMILES string of the molecule is Cc1[nH]c(=O)c(C)cc1[N+](=O)[O-]. The standard InChI is InChI=1S/C7H8N2O3/c1-4-3-6(9(11)12)5(2)8-7(4)10/h3H,1-2H3,(H,8,10). The lowest BCUT2D eigenvalue weighted by molar-refractivity contribution is -0.385. The van der Waals surface area contributed by atoms with Crippen LogP contribution in [0.1, 0.15) is 11.3 Å². The molecule has 0 aromatic carbocycles. The number of aromatic amines is 1. The van der Waals surface area contributed by atoms with Gasteiger partial charge in [0.1, 0.15) is 0 Å². The van der Waals surface area contributed by atoms with Crippen LogP contribution in [-0.2, 0) is 0 Å². The smallest absolute Gasteiger partial charge is 0.288 e. The normalized spacial score (nSPS) is 9.83. The van der Waals surface area contributed by atoms with Crippen molar-refractivity contribution in [3.63, 3.8) is 0 Å². The van der Waals surface area contributed by atoms with Gasteiger partial charge >= 0.3 is 0 Å². The van der Waals surface area contributed by atoms with E-state index in [-0.39, 0.29) is 16.9 Å². The topological polar surface area (TPSA) is 76.0 Å². The van der Waals surface area contributed by atoms with Gasteiger partial charge in [-0.2, -0.15) is 0 Å². The molecule has 0 spiro atoms. The van der Waals surface area contributed by atoms with E-state index in [1.54, 1.807) is 0 Å². The highest BCUT2D eigenvalue weighted by Gasteiger charge is 2.11. The highest BCUT2D eigenvalue weighted by molar-refractivity contribution is 5.36. The van der Waals surface area contributed by atoms with Gasteiger partial charge in [0.25, 0.3) is 11.2 Å². The first-order valence-corrected chi connectivity index (χ1v) is 3.37. The lowest BCUT2D eigenvalue weighted by atomic mass is 10.2. The molecule has 0 aliphatic heterocycles. The number of hydrogen-bond acceptors (Lipinski definition) is 3. The lowest BCUT2D eigenvalue weighted by Crippen LogP contribution is -2.11. The lowest BCUT2D eigenvalue weighted by Gasteiger charge is -1.96. The molecule has 1 rings (SSSR count). The zero-order chi connectivity index (χ0) is 9.30. The van der Waals surface area contributed by atoms with Crippen LogP contribution in [0.2, 0.25) is 0 Å². The van der Waals surface area contributed by atoms with Crippen molar-refractivity contribution in [2.45, 2.75) is 13.8 Å². The second-order valence-corrected chi connectivity index (χ2v) is 2.55. The highest BCUT2D eigenvalue weighted by atomic mass is 16.6. The Morgan fingerprint density at radius 2 is 2.08 bits per heavy atom. The predicted octanol–water partition coefficient (Wildman–Crippen LogP) is 0.900. The summed E-state index contributed by atoms with van der Waals surface area (Å²) in [5, 5.41) is 10.4. The number of nitrogens with zero attached hydrogens (tertiary/aromatic N) is 1. The zero-order valence-corrected chi connectivity index (χ0v) is 6.75. The number of H-pyrrole nitrogens is 1. The van der Waals surface area contributed by atoms with E-state index in [9.17, 15) is 14.9 Å². The fraction of sp³-hybridized carbons (Fsp3) is 0.286. The number of nitro groups is 1. The molecule has 12 heavy (non-hydrogen) atoms. The van der Waals surface area contributed by atoms with Gasteiger partial charge in [-0.05, 0) is 13.8 Å². The number of aromatic nitrogens is 1. The number of pyridine rings is 1. The largest absolute Gasteiger partial charge is 0.320 e. The van der Waals surface area contributed by atoms with Gasteiger partial charge in [0.15, 0.2) is 0 Å². The third-order valence-electron chi connectivity index (χ3n) is 1.59. The van der Waals surface area contributed by atoms with E-state index in [0.29, 0.717) is 5.56 Å². The number of aryl methyl sites for hydroxylation is 2. The molecule has 0 bridgehead atoms. The summed E-state index contributed by atoms with van der Waals surface area (Å²) in [4.78, 5) is 23.2. The van der Waals surface area contributed by atoms with E-state index in [1.807, 2.05) is 0 Å². The van der Waals surface area contributed by atoms with E-state index in [4.69, 9.17) is 0 Å². The Bertz CT molecular complexity index is 381. The molecule has 5 heteroatoms. The minimum atomic E-state index is -0.516. The number of rotatable bonds is 1. The van der Waals surface area contributed by atoms with Gasteiger partial charge in [0.05, 0.1) is 10.6 Å². The molecule has 1 N–H and O–H groups in total. The molecule has 0 fully saturated rings. The Kier molecular flexibility index (Phi) is 1.95. The van der Waals surface area contributed by atoms with E-state index < -0.39 is 4.92 Å². The molecular weight excluding hydrogens is 160 g/mol. The van der Waals surface area contributed by atoms with Crippen molar-refractivity contribution in [2.24, 2.45) is 0 Å². The van der Waals surface area contributed by atoms with Gasteiger partial charge in [-0.1, -0.05) is 0 Å². The van der Waals surface area contributed by atoms with E-state index in [0.717, 1.165) is 0 Å². The third kappa shape index (κ3) is 1.34. The monoisotopic (exact) mass is 168 g/mol. The fourth-order valence-electron chi connectivity index (χ4n) is 0.901. The summed E-state index contributed by atoms with van der Waals surface area (Å²) in [5.74, 6) is 0. The molecule has 0 saturated heterocycles. The molecular formula is C7H8N2O3. The van der Waals surface area contributed by atoms with Gasteiger partial charge in [-0.15, -0.1) is 0 Å². The molecule has 1 heterocycles. The molecule has 0 unspecified atom stereocenters. The first-order chi connectivity index (χ1) is 5.52. The maximum absolute atomic E-state index is 10.9. The van der Waals surface area contributed by atoms with Crippen molar-refractivity contribution >= 4 is 5.69 Å². The number of hydrogen-bond donors (Lipinski definition) is 1. The molecule has 64 valence electrons. The predicted molar refractivity (Wildman–Crippen MR) is 43.2 cm³/mol. The van der Waals surface area contributed by atoms with Crippen molar-refractivity contribution in [3.05, 3.63) is 37.8 Å². The quantitative estimate of drug-likeness (QED) is 0.500. The van der Waals surface area contributed by atoms with Crippen molar-refractivity contribution in [1.82, 2.24) is 4.98 Å². The molecule has 0 amide bonds. The van der Waals surface area contributed by atoms with Crippen LogP contribution < -0.4 is 5.56 Å². The Hall–Kier alpha value is -1.65. The van der Waals surface area contributed by atoms with Crippen LogP contribution in [0.4, 0.5) is 5.69 Å². The van der Waals surface area contributed by atoms with Crippen LogP contribution in [0.5, 0.6) is 0 Å². The zero-order valence-electron chi connectivity index (χ0n) is 6.75. The summed E-state index contributed by atoms with van der Waals surface area (Å²) in [6.45, 7) is 3.03. The molecule has 0 aliphatic rings. The Morgan fingerprint density at radius 3 is 2.58 bits per heavy atom. The van der Waals surface area contributed by atoms with Crippen molar-refractivity contribution < 1.29 is 4.92 Å². The first kappa shape index (κ1) is 8.45. The molecule has 1 aromatic heterocycles. The summed E-state index contributed by atoms with van der Waals surface area (Å²) in [6.07, 6.45) is 0. The fourth-order valence-corrected chi connectivity index (χ4v) is 0.901. The summed E-state index contributed by atoms with van der Waals surface area (Å²) in [7, 11) is 0. The summed E-state index contributed by atoms with van der Waals surface area (Å²) in [6, 6.07) is 1.27. The molecule has 0 aliphatic carbocycles. The van der Waals surface area contributed by atoms with E-state index >= 15 is 0 Å². The second-order valence-electron chi connectivity index (χ2n) is 2.55. The summed E-state index contributed by atoms with van der Waals surface area (Å²) in [5.41, 5.74) is 0.313. The second kappa shape index (κ2) is 2.77. The van der Waals surface area contributed by atoms with Gasteiger partial charge in [0, 0.05) is 11.6 Å². The van der Waals surface area contributed by atoms with Crippen LogP contribution in [0.15, 0.2) is 10.9 Å². The minimum absolute atomic E-state index is 0.0490. The molecule has 0 atom stereocenters. The van der Waals surface area contributed by atoms with Crippen molar-refractivity contribution in [2.75, 3.05) is 0 Å². The summed E-state index contributed by atoms with van der Waals surface area (Å²) >= 11 is 0. The maximum Gasteiger partial charge on any atom is 0.288 e. The number of nitrogens with one attached hydrogen (secondary N) is 1. The third-order valence-corrected chi connectivity index (χ3v) is 1.59. The summed E-state index contributed by atoms with van der Waals surface area (Å²) < 4.78 is 0. The molecule has 1 aromatic rings. The van der Waals surface area contributed by atoms with Crippen LogP contribution in [0, 0.1) is 24.0 Å². The molecule has 0 saturated carbocycles. The minimum Gasteiger partial charge on any atom is -0.320 e. The van der Waals surface area contributed by atoms with Gasteiger partial charge in [-0.25, -0.2) is 0 Å². The Labute approximate surface area is 68.2 Å². The average Bonchev–Trinajstić information content (AvgIpc) is 1.96. The van der Waals surface area contributed by atoms with Crippen LogP contribution >= 0.6 is 0 Å². The Balaban J connectivity index is 3.43. The first-order valence-electron chi connectivity index (χ1n) is 3.37. The Morgan fingerprint density at radius 1 is 1.50 bits per heavy atom. The van der Waals surface area contributed by atoms with E-state index in [2.05, 4.69) is 4.98 Å². The van der Waals surface area contributed by atoms with Gasteiger partial charge < -0.3 is 4.98 Å². The van der Waals surface area contributed by atoms with Crippen molar-refractivity contribution in [1.29, 1.82) is 0 Å². The maximum atomic E-state index is 10.9. The molecule has 0 radical (unpaired) electrons. The molecule has 5 nitrogen and oxygen atoms in total. The van der Waals surface area contributed by atoms with Crippen LogP contribution in [-0.4, -0.2) is 9.91 Å².